The first-order chi connectivity index (χ1) is 13.0. The van der Waals surface area contributed by atoms with Crippen molar-refractivity contribution in [1.82, 2.24) is 15.1 Å². The van der Waals surface area contributed by atoms with Gasteiger partial charge in [0.2, 0.25) is 17.7 Å². The predicted octanol–water partition coefficient (Wildman–Crippen LogP) is 2.21. The Labute approximate surface area is 164 Å². The number of hydrogen-bond acceptors (Lipinski definition) is 3. The molecule has 2 heterocycles. The lowest BCUT2D eigenvalue weighted by molar-refractivity contribution is -0.138. The number of rotatable bonds is 7. The number of piperidine rings is 1. The van der Waals surface area contributed by atoms with Gasteiger partial charge in [-0.15, -0.1) is 0 Å². The Hall–Kier alpha value is -2.08. The summed E-state index contributed by atoms with van der Waals surface area (Å²) >= 11 is 5.90. The summed E-state index contributed by atoms with van der Waals surface area (Å²) in [6.45, 7) is 3.03. The van der Waals surface area contributed by atoms with E-state index in [0.29, 0.717) is 50.5 Å². The fraction of sp³-hybridized carbons (Fsp3) is 0.550. The third-order valence-electron chi connectivity index (χ3n) is 5.23. The van der Waals surface area contributed by atoms with Gasteiger partial charge in [-0.25, -0.2) is 0 Å². The molecule has 0 spiro atoms. The van der Waals surface area contributed by atoms with Gasteiger partial charge in [-0.2, -0.15) is 0 Å². The quantitative estimate of drug-likeness (QED) is 0.724. The SMILES string of the molecule is O=C(NCCCN1CCCC1=O)[C@H]1CCC(=O)N(Cc2ccc(Cl)cc2)C1. The minimum Gasteiger partial charge on any atom is -0.356 e. The average molecular weight is 392 g/mol. The Morgan fingerprint density at radius 1 is 1.11 bits per heavy atom. The van der Waals surface area contributed by atoms with Gasteiger partial charge in [-0.3, -0.25) is 14.4 Å². The summed E-state index contributed by atoms with van der Waals surface area (Å²) in [4.78, 5) is 39.9. The number of hydrogen-bond donors (Lipinski definition) is 1. The summed E-state index contributed by atoms with van der Waals surface area (Å²) in [5, 5.41) is 3.63. The second kappa shape index (κ2) is 9.22. The van der Waals surface area contributed by atoms with Crippen LogP contribution in [-0.2, 0) is 20.9 Å². The van der Waals surface area contributed by atoms with E-state index in [-0.39, 0.29) is 23.6 Å². The Kier molecular flexibility index (Phi) is 6.72. The molecule has 3 rings (SSSR count). The summed E-state index contributed by atoms with van der Waals surface area (Å²) in [5.41, 5.74) is 1.00. The van der Waals surface area contributed by atoms with Crippen molar-refractivity contribution >= 4 is 29.3 Å². The van der Waals surface area contributed by atoms with Gasteiger partial charge < -0.3 is 15.1 Å². The molecule has 0 aliphatic carbocycles. The summed E-state index contributed by atoms with van der Waals surface area (Å²) in [6.07, 6.45) is 3.33. The minimum atomic E-state index is -0.177. The summed E-state index contributed by atoms with van der Waals surface area (Å²) in [5.74, 6) is 0.117. The fourth-order valence-corrected chi connectivity index (χ4v) is 3.78. The fourth-order valence-electron chi connectivity index (χ4n) is 3.66. The highest BCUT2D eigenvalue weighted by atomic mass is 35.5. The third kappa shape index (κ3) is 5.45. The van der Waals surface area contributed by atoms with Crippen LogP contribution in [0.2, 0.25) is 5.02 Å². The molecule has 0 aromatic heterocycles. The van der Waals surface area contributed by atoms with Crippen molar-refractivity contribution in [3.8, 4) is 0 Å². The zero-order valence-electron chi connectivity index (χ0n) is 15.5. The minimum absolute atomic E-state index is 0.00338. The summed E-state index contributed by atoms with van der Waals surface area (Å²) < 4.78 is 0. The maximum absolute atomic E-state index is 12.5. The van der Waals surface area contributed by atoms with Crippen LogP contribution in [0.3, 0.4) is 0 Å². The first kappa shape index (κ1) is 19.7. The van der Waals surface area contributed by atoms with Gasteiger partial charge in [0.25, 0.3) is 0 Å². The molecule has 0 bridgehead atoms. The van der Waals surface area contributed by atoms with Crippen LogP contribution in [0.5, 0.6) is 0 Å². The summed E-state index contributed by atoms with van der Waals surface area (Å²) in [6, 6.07) is 7.42. The van der Waals surface area contributed by atoms with Crippen molar-refractivity contribution in [3.63, 3.8) is 0 Å². The topological polar surface area (TPSA) is 69.7 Å². The molecular weight excluding hydrogens is 366 g/mol. The Balaban J connectivity index is 1.43. The molecule has 1 aromatic carbocycles. The van der Waals surface area contributed by atoms with Crippen LogP contribution >= 0.6 is 11.6 Å². The first-order valence-electron chi connectivity index (χ1n) is 9.60. The monoisotopic (exact) mass is 391 g/mol. The number of benzene rings is 1. The van der Waals surface area contributed by atoms with Crippen LogP contribution in [0, 0.1) is 5.92 Å². The summed E-state index contributed by atoms with van der Waals surface area (Å²) in [7, 11) is 0. The third-order valence-corrected chi connectivity index (χ3v) is 5.49. The van der Waals surface area contributed by atoms with Crippen molar-refractivity contribution in [1.29, 1.82) is 0 Å². The van der Waals surface area contributed by atoms with Gasteiger partial charge in [-0.05, 0) is 37.0 Å². The van der Waals surface area contributed by atoms with E-state index in [9.17, 15) is 14.4 Å². The van der Waals surface area contributed by atoms with Crippen molar-refractivity contribution in [2.24, 2.45) is 5.92 Å². The molecule has 6 nitrogen and oxygen atoms in total. The molecule has 2 aliphatic heterocycles. The number of likely N-dealkylation sites (tertiary alicyclic amines) is 2. The van der Waals surface area contributed by atoms with Gasteiger partial charge in [0.15, 0.2) is 0 Å². The van der Waals surface area contributed by atoms with Crippen LogP contribution in [0.25, 0.3) is 0 Å². The highest BCUT2D eigenvalue weighted by Crippen LogP contribution is 2.21. The predicted molar refractivity (Wildman–Crippen MR) is 103 cm³/mol. The molecule has 27 heavy (non-hydrogen) atoms. The Bertz CT molecular complexity index is 692. The second-order valence-electron chi connectivity index (χ2n) is 7.27. The normalized spacial score (nSPS) is 20.3. The molecule has 0 unspecified atom stereocenters. The molecule has 1 atom stereocenters. The number of halogens is 1. The average Bonchev–Trinajstić information content (AvgIpc) is 3.07. The zero-order valence-corrected chi connectivity index (χ0v) is 16.2. The molecule has 2 saturated heterocycles. The lowest BCUT2D eigenvalue weighted by Gasteiger charge is -2.32. The van der Waals surface area contributed by atoms with E-state index in [1.807, 2.05) is 17.0 Å². The van der Waals surface area contributed by atoms with Crippen molar-refractivity contribution in [2.45, 2.75) is 38.6 Å². The van der Waals surface area contributed by atoms with E-state index in [4.69, 9.17) is 11.6 Å². The smallest absolute Gasteiger partial charge is 0.224 e. The van der Waals surface area contributed by atoms with Crippen LogP contribution in [-0.4, -0.2) is 53.7 Å². The van der Waals surface area contributed by atoms with Crippen molar-refractivity contribution < 1.29 is 14.4 Å². The Morgan fingerprint density at radius 2 is 1.85 bits per heavy atom. The molecule has 2 aliphatic rings. The van der Waals surface area contributed by atoms with Crippen LogP contribution in [0.15, 0.2) is 24.3 Å². The number of nitrogens with one attached hydrogen (secondary N) is 1. The van der Waals surface area contributed by atoms with E-state index < -0.39 is 0 Å². The molecule has 1 aromatic rings. The molecule has 2 fully saturated rings. The van der Waals surface area contributed by atoms with E-state index in [1.165, 1.54) is 0 Å². The van der Waals surface area contributed by atoms with Crippen LogP contribution < -0.4 is 5.32 Å². The van der Waals surface area contributed by atoms with Gasteiger partial charge in [0, 0.05) is 50.6 Å². The number of nitrogens with zero attached hydrogens (tertiary/aromatic N) is 2. The van der Waals surface area contributed by atoms with Gasteiger partial charge in [0.1, 0.15) is 0 Å². The lowest BCUT2D eigenvalue weighted by Crippen LogP contribution is -2.45. The molecule has 1 N–H and O–H groups in total. The van der Waals surface area contributed by atoms with Gasteiger partial charge in [-0.1, -0.05) is 23.7 Å². The van der Waals surface area contributed by atoms with Crippen molar-refractivity contribution in [3.05, 3.63) is 34.9 Å². The number of amides is 3. The maximum atomic E-state index is 12.5. The van der Waals surface area contributed by atoms with Gasteiger partial charge in [0.05, 0.1) is 5.92 Å². The lowest BCUT2D eigenvalue weighted by atomic mass is 9.96. The van der Waals surface area contributed by atoms with Crippen molar-refractivity contribution in [2.75, 3.05) is 26.2 Å². The van der Waals surface area contributed by atoms with Gasteiger partial charge >= 0.3 is 0 Å². The number of carbonyl (C=O) groups is 3. The van der Waals surface area contributed by atoms with E-state index in [0.717, 1.165) is 24.9 Å². The van der Waals surface area contributed by atoms with E-state index in [1.54, 1.807) is 17.0 Å². The maximum Gasteiger partial charge on any atom is 0.224 e. The standard InChI is InChI=1S/C20H26ClN3O3/c21-17-7-4-15(5-8-17)13-24-14-16(6-9-19(24)26)20(27)22-10-2-12-23-11-1-3-18(23)25/h4-5,7-8,16H,1-3,6,9-14H2,(H,22,27)/t16-/m0/s1. The molecule has 3 amide bonds. The first-order valence-corrected chi connectivity index (χ1v) is 9.98. The number of carbonyl (C=O) groups excluding carboxylic acids is 3. The van der Waals surface area contributed by atoms with E-state index >= 15 is 0 Å². The molecule has 0 saturated carbocycles. The molecule has 146 valence electrons. The molecular formula is C20H26ClN3O3. The largest absolute Gasteiger partial charge is 0.356 e. The molecule has 7 heteroatoms. The Morgan fingerprint density at radius 3 is 2.56 bits per heavy atom. The zero-order chi connectivity index (χ0) is 19.2. The van der Waals surface area contributed by atoms with E-state index in [2.05, 4.69) is 5.32 Å². The van der Waals surface area contributed by atoms with Crippen LogP contribution in [0.1, 0.15) is 37.7 Å². The second-order valence-corrected chi connectivity index (χ2v) is 7.70. The highest BCUT2D eigenvalue weighted by molar-refractivity contribution is 6.30. The highest BCUT2D eigenvalue weighted by Gasteiger charge is 2.30. The molecule has 0 radical (unpaired) electrons. The van der Waals surface area contributed by atoms with Crippen LogP contribution in [0.4, 0.5) is 0 Å².